The van der Waals surface area contributed by atoms with Crippen LogP contribution in [0.4, 0.5) is 0 Å². The molecule has 0 saturated carbocycles. The van der Waals surface area contributed by atoms with Crippen LogP contribution in [0.1, 0.15) is 69.0 Å². The molecule has 0 amide bonds. The Morgan fingerprint density at radius 1 is 1.04 bits per heavy atom. The molecule has 1 aliphatic heterocycles. The molecule has 146 valence electrons. The first-order chi connectivity index (χ1) is 13.3. The minimum atomic E-state index is 0.277. The molecular weight excluding hydrogens is 334 g/mol. The van der Waals surface area contributed by atoms with Crippen molar-refractivity contribution in [3.05, 3.63) is 59.7 Å². The maximum Gasteiger partial charge on any atom is 0.128 e. The van der Waals surface area contributed by atoms with Gasteiger partial charge < -0.3 is 14.8 Å². The summed E-state index contributed by atoms with van der Waals surface area (Å²) >= 11 is 0. The van der Waals surface area contributed by atoms with E-state index in [1.165, 1.54) is 43.2 Å². The van der Waals surface area contributed by atoms with Gasteiger partial charge in [-0.2, -0.15) is 0 Å². The van der Waals surface area contributed by atoms with E-state index in [2.05, 4.69) is 48.6 Å². The van der Waals surface area contributed by atoms with Gasteiger partial charge in [-0.25, -0.2) is 0 Å². The van der Waals surface area contributed by atoms with E-state index in [1.807, 2.05) is 12.1 Å². The highest BCUT2D eigenvalue weighted by Crippen LogP contribution is 2.38. The van der Waals surface area contributed by atoms with Crippen molar-refractivity contribution >= 4 is 0 Å². The Morgan fingerprint density at radius 2 is 1.85 bits per heavy atom. The monoisotopic (exact) mass is 367 g/mol. The van der Waals surface area contributed by atoms with Gasteiger partial charge >= 0.3 is 0 Å². The number of hydrogen-bond acceptors (Lipinski definition) is 3. The van der Waals surface area contributed by atoms with E-state index >= 15 is 0 Å². The van der Waals surface area contributed by atoms with Crippen LogP contribution in [0, 0.1) is 0 Å². The van der Waals surface area contributed by atoms with Crippen LogP contribution in [0.15, 0.2) is 48.5 Å². The van der Waals surface area contributed by atoms with Crippen molar-refractivity contribution in [2.45, 2.75) is 70.6 Å². The highest BCUT2D eigenvalue weighted by molar-refractivity contribution is 5.44. The predicted molar refractivity (Wildman–Crippen MR) is 111 cm³/mol. The van der Waals surface area contributed by atoms with Crippen molar-refractivity contribution in [2.75, 3.05) is 7.11 Å². The first-order valence-electron chi connectivity index (χ1n) is 10.4. The lowest BCUT2D eigenvalue weighted by molar-refractivity contribution is 0.137. The number of ether oxygens (including phenoxy) is 2. The highest BCUT2D eigenvalue weighted by atomic mass is 16.5. The molecule has 3 nitrogen and oxygen atoms in total. The fourth-order valence-corrected chi connectivity index (χ4v) is 3.83. The standard InChI is InChI=1S/C24H33NO2/c1-3-4-5-6-10-13-21-16-23(25-18-19-11-8-7-9-12-19)22-15-14-20(26-2)17-24(22)27-21/h7-9,11-12,14-15,17,21,23,25H,3-6,10,13,16,18H2,1-2H3. The molecule has 2 atom stereocenters. The zero-order valence-corrected chi connectivity index (χ0v) is 16.7. The summed E-state index contributed by atoms with van der Waals surface area (Å²) in [7, 11) is 1.71. The minimum absolute atomic E-state index is 0.277. The van der Waals surface area contributed by atoms with Gasteiger partial charge in [0.25, 0.3) is 0 Å². The summed E-state index contributed by atoms with van der Waals surface area (Å²) in [5.74, 6) is 1.84. The molecule has 3 heteroatoms. The summed E-state index contributed by atoms with van der Waals surface area (Å²) in [6.45, 7) is 3.14. The van der Waals surface area contributed by atoms with Crippen molar-refractivity contribution in [1.82, 2.24) is 5.32 Å². The number of benzene rings is 2. The summed E-state index contributed by atoms with van der Waals surface area (Å²) in [4.78, 5) is 0. The number of methoxy groups -OCH3 is 1. The van der Waals surface area contributed by atoms with Crippen LogP contribution in [0.25, 0.3) is 0 Å². The Labute approximate surface area is 164 Å². The third kappa shape index (κ3) is 5.74. The van der Waals surface area contributed by atoms with E-state index in [4.69, 9.17) is 9.47 Å². The smallest absolute Gasteiger partial charge is 0.128 e. The van der Waals surface area contributed by atoms with E-state index < -0.39 is 0 Å². The summed E-state index contributed by atoms with van der Waals surface area (Å²) in [5, 5.41) is 3.75. The molecule has 2 aromatic rings. The van der Waals surface area contributed by atoms with Gasteiger partial charge in [0.2, 0.25) is 0 Å². The Hall–Kier alpha value is -2.00. The van der Waals surface area contributed by atoms with Gasteiger partial charge in [-0.05, 0) is 24.5 Å². The van der Waals surface area contributed by atoms with Gasteiger partial charge in [0.05, 0.1) is 7.11 Å². The molecule has 0 aromatic heterocycles. The normalized spacial score (nSPS) is 18.6. The second-order valence-electron chi connectivity index (χ2n) is 7.50. The third-order valence-corrected chi connectivity index (χ3v) is 5.41. The van der Waals surface area contributed by atoms with Crippen molar-refractivity contribution in [1.29, 1.82) is 0 Å². The molecule has 1 aliphatic rings. The Bertz CT molecular complexity index is 686. The zero-order valence-electron chi connectivity index (χ0n) is 16.7. The number of unbranched alkanes of at least 4 members (excludes halogenated alkanes) is 4. The lowest BCUT2D eigenvalue weighted by atomic mass is 9.93. The van der Waals surface area contributed by atoms with Crippen LogP contribution >= 0.6 is 0 Å². The van der Waals surface area contributed by atoms with Crippen LogP contribution < -0.4 is 14.8 Å². The molecule has 2 aromatic carbocycles. The molecule has 1 heterocycles. The Kier molecular flexibility index (Phi) is 7.58. The molecule has 27 heavy (non-hydrogen) atoms. The topological polar surface area (TPSA) is 30.5 Å². The van der Waals surface area contributed by atoms with Crippen LogP contribution in [-0.2, 0) is 6.54 Å². The number of hydrogen-bond donors (Lipinski definition) is 1. The van der Waals surface area contributed by atoms with E-state index in [1.54, 1.807) is 7.11 Å². The van der Waals surface area contributed by atoms with E-state index in [0.717, 1.165) is 30.9 Å². The van der Waals surface area contributed by atoms with E-state index in [-0.39, 0.29) is 6.10 Å². The second-order valence-corrected chi connectivity index (χ2v) is 7.50. The fraction of sp³-hybridized carbons (Fsp3) is 0.500. The molecule has 0 aliphatic carbocycles. The van der Waals surface area contributed by atoms with Gasteiger partial charge in [-0.3, -0.25) is 0 Å². The van der Waals surface area contributed by atoms with Gasteiger partial charge in [0, 0.05) is 30.6 Å². The SMILES string of the molecule is CCCCCCCC1CC(NCc2ccccc2)c2ccc(OC)cc2O1. The number of nitrogens with one attached hydrogen (secondary N) is 1. The average molecular weight is 368 g/mol. The Morgan fingerprint density at radius 3 is 2.63 bits per heavy atom. The van der Waals surface area contributed by atoms with Gasteiger partial charge in [0.15, 0.2) is 0 Å². The minimum Gasteiger partial charge on any atom is -0.497 e. The van der Waals surface area contributed by atoms with Crippen LogP contribution in [0.2, 0.25) is 0 Å². The lowest BCUT2D eigenvalue weighted by Crippen LogP contribution is -2.32. The molecule has 0 radical (unpaired) electrons. The van der Waals surface area contributed by atoms with E-state index in [0.29, 0.717) is 6.04 Å². The molecule has 0 bridgehead atoms. The van der Waals surface area contributed by atoms with Gasteiger partial charge in [-0.15, -0.1) is 0 Å². The average Bonchev–Trinajstić information content (AvgIpc) is 2.72. The summed E-state index contributed by atoms with van der Waals surface area (Å²) in [5.41, 5.74) is 2.56. The lowest BCUT2D eigenvalue weighted by Gasteiger charge is -2.33. The van der Waals surface area contributed by atoms with Gasteiger partial charge in [0.1, 0.15) is 17.6 Å². The molecule has 2 unspecified atom stereocenters. The Balaban J connectivity index is 1.65. The molecular formula is C24H33NO2. The summed E-state index contributed by atoms with van der Waals surface area (Å²) in [6.07, 6.45) is 8.95. The van der Waals surface area contributed by atoms with E-state index in [9.17, 15) is 0 Å². The summed E-state index contributed by atoms with van der Waals surface area (Å²) in [6, 6.07) is 17.1. The largest absolute Gasteiger partial charge is 0.497 e. The van der Waals surface area contributed by atoms with Crippen molar-refractivity contribution in [2.24, 2.45) is 0 Å². The maximum absolute atomic E-state index is 6.34. The highest BCUT2D eigenvalue weighted by Gasteiger charge is 2.28. The van der Waals surface area contributed by atoms with Crippen LogP contribution in [-0.4, -0.2) is 13.2 Å². The van der Waals surface area contributed by atoms with Crippen molar-refractivity contribution < 1.29 is 9.47 Å². The third-order valence-electron chi connectivity index (χ3n) is 5.41. The first-order valence-corrected chi connectivity index (χ1v) is 10.4. The predicted octanol–water partition coefficient (Wildman–Crippen LogP) is 6.04. The number of rotatable bonds is 10. The molecule has 1 N–H and O–H groups in total. The number of fused-ring (bicyclic) bond motifs is 1. The van der Waals surface area contributed by atoms with Crippen LogP contribution in [0.3, 0.4) is 0 Å². The maximum atomic E-state index is 6.34. The van der Waals surface area contributed by atoms with Crippen molar-refractivity contribution in [3.63, 3.8) is 0 Å². The molecule has 3 rings (SSSR count). The first kappa shape index (κ1) is 19.8. The van der Waals surface area contributed by atoms with Crippen LogP contribution in [0.5, 0.6) is 11.5 Å². The molecule has 0 spiro atoms. The second kappa shape index (κ2) is 10.4. The van der Waals surface area contributed by atoms with Crippen molar-refractivity contribution in [3.8, 4) is 11.5 Å². The zero-order chi connectivity index (χ0) is 18.9. The van der Waals surface area contributed by atoms with Gasteiger partial charge in [-0.1, -0.05) is 69.0 Å². The molecule has 0 saturated heterocycles. The fourth-order valence-electron chi connectivity index (χ4n) is 3.83. The quantitative estimate of drug-likeness (QED) is 0.519. The summed E-state index contributed by atoms with van der Waals surface area (Å²) < 4.78 is 11.7. The molecule has 0 fully saturated rings.